The fraction of sp³-hybridized carbons (Fsp3) is 0.278. The van der Waals surface area contributed by atoms with Gasteiger partial charge in [0.15, 0.2) is 0 Å². The van der Waals surface area contributed by atoms with Crippen LogP contribution in [-0.2, 0) is 4.79 Å². The van der Waals surface area contributed by atoms with Crippen molar-refractivity contribution in [3.8, 4) is 0 Å². The first-order valence-electron chi connectivity index (χ1n) is 7.70. The number of carbonyl (C=O) groups is 1. The van der Waals surface area contributed by atoms with Crippen LogP contribution in [0.2, 0.25) is 0 Å². The Labute approximate surface area is 142 Å². The zero-order valence-electron chi connectivity index (χ0n) is 14.8. The van der Waals surface area contributed by atoms with Gasteiger partial charge in [0.1, 0.15) is 0 Å². The minimum atomic E-state index is -0.955. The highest BCUT2D eigenvalue weighted by atomic mass is 19.1. The summed E-state index contributed by atoms with van der Waals surface area (Å²) in [5.41, 5.74) is -0.222. The number of hydrogen-bond donors (Lipinski definition) is 1. The molecule has 1 aromatic carbocycles. The molecule has 0 aliphatic rings. The van der Waals surface area contributed by atoms with Gasteiger partial charge in [0.2, 0.25) is 5.82 Å². The third-order valence-electron chi connectivity index (χ3n) is 2.31. The van der Waals surface area contributed by atoms with Crippen molar-refractivity contribution >= 4 is 17.3 Å². The third kappa shape index (κ3) is 8.03. The van der Waals surface area contributed by atoms with Crippen LogP contribution in [0.5, 0.6) is 0 Å². The molecule has 0 saturated carbocycles. The van der Waals surface area contributed by atoms with Gasteiger partial charge in [0.25, 0.3) is 5.91 Å². The summed E-state index contributed by atoms with van der Waals surface area (Å²) in [6.45, 7) is 13.2. The van der Waals surface area contributed by atoms with Crippen LogP contribution in [-0.4, -0.2) is 10.8 Å². The summed E-state index contributed by atoms with van der Waals surface area (Å²) in [5.74, 6) is -1.42. The van der Waals surface area contributed by atoms with Gasteiger partial charge >= 0.3 is 5.69 Å². The summed E-state index contributed by atoms with van der Waals surface area (Å²) in [6, 6.07) is 3.15. The first kappa shape index (κ1) is 23.5. The predicted octanol–water partition coefficient (Wildman–Crippen LogP) is 5.41. The van der Waals surface area contributed by atoms with Gasteiger partial charge in [-0.15, -0.1) is 0 Å². The molecule has 0 aliphatic carbocycles. The van der Waals surface area contributed by atoms with E-state index in [4.69, 9.17) is 0 Å². The van der Waals surface area contributed by atoms with Gasteiger partial charge in [-0.2, -0.15) is 4.39 Å². The number of carbonyl (C=O) groups excluding carboxylic acids is 1. The lowest BCUT2D eigenvalue weighted by molar-refractivity contribution is -0.387. The van der Waals surface area contributed by atoms with Gasteiger partial charge in [0.05, 0.1) is 4.92 Å². The van der Waals surface area contributed by atoms with E-state index in [1.165, 1.54) is 18.2 Å². The van der Waals surface area contributed by atoms with Crippen LogP contribution in [0.3, 0.4) is 0 Å². The van der Waals surface area contributed by atoms with E-state index < -0.39 is 22.3 Å². The van der Waals surface area contributed by atoms with Crippen molar-refractivity contribution in [1.29, 1.82) is 0 Å². The summed E-state index contributed by atoms with van der Waals surface area (Å²) in [6.07, 6.45) is 6.17. The predicted molar refractivity (Wildman–Crippen MR) is 97.5 cm³/mol. The zero-order chi connectivity index (χ0) is 19.1. The number of benzene rings is 1. The fourth-order valence-electron chi connectivity index (χ4n) is 1.45. The van der Waals surface area contributed by atoms with Crippen molar-refractivity contribution in [3.63, 3.8) is 0 Å². The first-order valence-corrected chi connectivity index (χ1v) is 7.70. The Morgan fingerprint density at radius 2 is 1.88 bits per heavy atom. The molecule has 0 spiro atoms. The number of rotatable bonds is 5. The maximum Gasteiger partial charge on any atom is 0.306 e. The number of hydrogen-bond acceptors (Lipinski definition) is 3. The Bertz CT molecular complexity index is 608. The zero-order valence-corrected chi connectivity index (χ0v) is 14.8. The SMILES string of the molecule is C=C/C=C(\C=C/C)C(=O)Nc1ccc(F)c([N+](=O)[O-])c1.CC.CC. The van der Waals surface area contributed by atoms with Crippen molar-refractivity contribution in [2.24, 2.45) is 0 Å². The molecule has 0 fully saturated rings. The number of nitro benzene ring substituents is 1. The molecule has 0 aliphatic heterocycles. The molecule has 0 atom stereocenters. The quantitative estimate of drug-likeness (QED) is 0.338. The summed E-state index contributed by atoms with van der Waals surface area (Å²) >= 11 is 0. The number of amides is 1. The van der Waals surface area contributed by atoms with Crippen LogP contribution < -0.4 is 5.32 Å². The van der Waals surface area contributed by atoms with Gasteiger partial charge < -0.3 is 5.32 Å². The molecule has 0 bridgehead atoms. The summed E-state index contributed by atoms with van der Waals surface area (Å²) < 4.78 is 13.2. The van der Waals surface area contributed by atoms with Crippen LogP contribution in [0.15, 0.2) is 54.7 Å². The Hall–Kier alpha value is -2.76. The second-order valence-corrected chi connectivity index (χ2v) is 3.74. The number of nitro groups is 1. The van der Waals surface area contributed by atoms with E-state index in [-0.39, 0.29) is 5.69 Å². The molecule has 0 radical (unpaired) electrons. The fourth-order valence-corrected chi connectivity index (χ4v) is 1.45. The Morgan fingerprint density at radius 3 is 2.33 bits per heavy atom. The average molecular weight is 336 g/mol. The Morgan fingerprint density at radius 1 is 1.29 bits per heavy atom. The largest absolute Gasteiger partial charge is 0.322 e. The Kier molecular flexibility index (Phi) is 13.6. The van der Waals surface area contributed by atoms with E-state index in [1.54, 1.807) is 19.1 Å². The van der Waals surface area contributed by atoms with Gasteiger partial charge in [-0.25, -0.2) is 0 Å². The Balaban J connectivity index is 0. The van der Waals surface area contributed by atoms with Crippen LogP contribution in [0.4, 0.5) is 15.8 Å². The van der Waals surface area contributed by atoms with Crippen LogP contribution in [0.1, 0.15) is 34.6 Å². The lowest BCUT2D eigenvalue weighted by atomic mass is 10.2. The first-order chi connectivity index (χ1) is 11.5. The van der Waals surface area contributed by atoms with Crippen molar-refractivity contribution < 1.29 is 14.1 Å². The lowest BCUT2D eigenvalue weighted by Gasteiger charge is -2.05. The maximum atomic E-state index is 13.2. The van der Waals surface area contributed by atoms with Gasteiger partial charge in [0, 0.05) is 17.3 Å². The molecule has 0 unspecified atom stereocenters. The van der Waals surface area contributed by atoms with E-state index in [2.05, 4.69) is 11.9 Å². The van der Waals surface area contributed by atoms with Crippen molar-refractivity contribution in [1.82, 2.24) is 0 Å². The number of halogens is 1. The second-order valence-electron chi connectivity index (χ2n) is 3.74. The second kappa shape index (κ2) is 13.9. The van der Waals surface area contributed by atoms with Crippen LogP contribution >= 0.6 is 0 Å². The highest BCUT2D eigenvalue weighted by Gasteiger charge is 2.15. The number of allylic oxidation sites excluding steroid dienone is 3. The van der Waals surface area contributed by atoms with Crippen molar-refractivity contribution in [3.05, 3.63) is 70.6 Å². The topological polar surface area (TPSA) is 72.2 Å². The van der Waals surface area contributed by atoms with E-state index in [1.807, 2.05) is 27.7 Å². The lowest BCUT2D eigenvalue weighted by Crippen LogP contribution is -2.13. The number of nitrogens with zero attached hydrogens (tertiary/aromatic N) is 1. The summed E-state index contributed by atoms with van der Waals surface area (Å²) in [5, 5.41) is 13.1. The minimum Gasteiger partial charge on any atom is -0.322 e. The van der Waals surface area contributed by atoms with Crippen molar-refractivity contribution in [2.45, 2.75) is 34.6 Å². The van der Waals surface area contributed by atoms with E-state index in [0.29, 0.717) is 5.57 Å². The van der Waals surface area contributed by atoms with E-state index in [0.717, 1.165) is 12.1 Å². The normalized spacial score (nSPS) is 10.0. The van der Waals surface area contributed by atoms with Gasteiger partial charge in [-0.1, -0.05) is 58.6 Å². The monoisotopic (exact) mass is 336 g/mol. The molecular formula is C18H25FN2O3. The van der Waals surface area contributed by atoms with Gasteiger partial charge in [-0.3, -0.25) is 14.9 Å². The molecule has 5 nitrogen and oxygen atoms in total. The number of anilines is 1. The molecule has 1 aromatic rings. The average Bonchev–Trinajstić information content (AvgIpc) is 2.59. The molecule has 132 valence electrons. The molecular weight excluding hydrogens is 311 g/mol. The van der Waals surface area contributed by atoms with Crippen LogP contribution in [0, 0.1) is 15.9 Å². The minimum absolute atomic E-state index is 0.141. The smallest absolute Gasteiger partial charge is 0.306 e. The van der Waals surface area contributed by atoms with E-state index in [9.17, 15) is 19.3 Å². The maximum absolute atomic E-state index is 13.2. The molecule has 6 heteroatoms. The molecule has 0 heterocycles. The van der Waals surface area contributed by atoms with E-state index >= 15 is 0 Å². The highest BCUT2D eigenvalue weighted by molar-refractivity contribution is 6.06. The molecule has 24 heavy (non-hydrogen) atoms. The summed E-state index contributed by atoms with van der Waals surface area (Å²) in [7, 11) is 0. The molecule has 0 aromatic heterocycles. The summed E-state index contributed by atoms with van der Waals surface area (Å²) in [4.78, 5) is 21.7. The van der Waals surface area contributed by atoms with Gasteiger partial charge in [-0.05, 0) is 19.1 Å². The molecule has 1 rings (SSSR count). The highest BCUT2D eigenvalue weighted by Crippen LogP contribution is 2.22. The number of nitrogens with one attached hydrogen (secondary N) is 1. The standard InChI is InChI=1S/C14H13FN2O3.2C2H6/c1-3-5-10(6-4-2)14(18)16-11-7-8-12(15)13(9-11)17(19)20;2*1-2/h3-9H,1H2,2H3,(H,16,18);2*1-2H3/b6-4-,10-5+;;. The molecule has 1 N–H and O–H groups in total. The third-order valence-corrected chi connectivity index (χ3v) is 2.31. The molecule has 0 saturated heterocycles. The molecule has 1 amide bonds. The van der Waals surface area contributed by atoms with Crippen molar-refractivity contribution in [2.75, 3.05) is 5.32 Å². The van der Waals surface area contributed by atoms with Crippen LogP contribution in [0.25, 0.3) is 0 Å².